The summed E-state index contributed by atoms with van der Waals surface area (Å²) in [5, 5.41) is 9.99. The van der Waals surface area contributed by atoms with Crippen LogP contribution in [-0.4, -0.2) is 35.1 Å². The molecule has 0 aromatic carbocycles. The molecule has 1 N–H and O–H groups in total. The monoisotopic (exact) mass is 279 g/mol. The maximum Gasteiger partial charge on any atom is 0.225 e. The van der Waals surface area contributed by atoms with Crippen molar-refractivity contribution >= 4 is 5.91 Å². The quantitative estimate of drug-likeness (QED) is 0.802. The van der Waals surface area contributed by atoms with Crippen molar-refractivity contribution in [1.29, 1.82) is 0 Å². The molecule has 5 unspecified atom stereocenters. The molecule has 20 heavy (non-hydrogen) atoms. The largest absolute Gasteiger partial charge is 0.391 e. The standard InChI is InChI=1S/C17H29NO2/c1-12-8-9-18(11-16(12)19)17(20)15-7-6-13-4-2-3-5-14(13)10-15/h12-16,19H,2-11H2,1H3. The van der Waals surface area contributed by atoms with Gasteiger partial charge in [-0.25, -0.2) is 0 Å². The Labute approximate surface area is 122 Å². The first-order valence-electron chi connectivity index (χ1n) is 8.62. The Morgan fingerprint density at radius 3 is 2.55 bits per heavy atom. The zero-order chi connectivity index (χ0) is 14.1. The number of nitrogens with zero attached hydrogens (tertiary/aromatic N) is 1. The van der Waals surface area contributed by atoms with Crippen LogP contribution in [0, 0.1) is 23.7 Å². The van der Waals surface area contributed by atoms with E-state index in [0.29, 0.717) is 18.4 Å². The number of carbonyl (C=O) groups excluding carboxylic acids is 1. The molecule has 5 atom stereocenters. The molecule has 0 radical (unpaired) electrons. The third-order valence-electron chi connectivity index (χ3n) is 6.12. The van der Waals surface area contributed by atoms with Crippen molar-refractivity contribution in [2.24, 2.45) is 23.7 Å². The van der Waals surface area contributed by atoms with Gasteiger partial charge < -0.3 is 10.0 Å². The van der Waals surface area contributed by atoms with Crippen LogP contribution in [0.25, 0.3) is 0 Å². The number of β-amino-alcohol motifs (C(OH)–C–C–N with tert-alkyl or cyclic N) is 1. The minimum absolute atomic E-state index is 0.245. The van der Waals surface area contributed by atoms with Crippen LogP contribution in [0.5, 0.6) is 0 Å². The number of amides is 1. The lowest BCUT2D eigenvalue weighted by Crippen LogP contribution is -2.49. The molecule has 1 aliphatic heterocycles. The Balaban J connectivity index is 1.57. The fourth-order valence-electron chi connectivity index (χ4n) is 4.60. The summed E-state index contributed by atoms with van der Waals surface area (Å²) in [6.45, 7) is 3.49. The molecule has 3 aliphatic rings. The maximum absolute atomic E-state index is 12.7. The molecule has 3 nitrogen and oxygen atoms in total. The number of piperidine rings is 1. The van der Waals surface area contributed by atoms with Gasteiger partial charge in [0.05, 0.1) is 6.10 Å². The minimum atomic E-state index is -0.321. The van der Waals surface area contributed by atoms with Crippen LogP contribution in [-0.2, 0) is 4.79 Å². The van der Waals surface area contributed by atoms with Crippen LogP contribution in [0.4, 0.5) is 0 Å². The fraction of sp³-hybridized carbons (Fsp3) is 0.941. The second-order valence-corrected chi connectivity index (χ2v) is 7.43. The zero-order valence-electron chi connectivity index (χ0n) is 12.8. The van der Waals surface area contributed by atoms with Crippen LogP contribution in [0.1, 0.15) is 58.3 Å². The first-order chi connectivity index (χ1) is 9.65. The first-order valence-corrected chi connectivity index (χ1v) is 8.62. The van der Waals surface area contributed by atoms with Gasteiger partial charge in [0.15, 0.2) is 0 Å². The molecular weight excluding hydrogens is 250 g/mol. The van der Waals surface area contributed by atoms with Crippen LogP contribution < -0.4 is 0 Å². The van der Waals surface area contributed by atoms with Gasteiger partial charge in [0.2, 0.25) is 5.91 Å². The van der Waals surface area contributed by atoms with E-state index in [9.17, 15) is 9.90 Å². The van der Waals surface area contributed by atoms with Gasteiger partial charge in [-0.1, -0.05) is 32.6 Å². The summed E-state index contributed by atoms with van der Waals surface area (Å²) in [6, 6.07) is 0. The lowest BCUT2D eigenvalue weighted by atomic mass is 9.67. The highest BCUT2D eigenvalue weighted by molar-refractivity contribution is 5.79. The molecule has 0 aromatic rings. The summed E-state index contributed by atoms with van der Waals surface area (Å²) in [5.41, 5.74) is 0. The number of hydrogen-bond acceptors (Lipinski definition) is 2. The van der Waals surface area contributed by atoms with Gasteiger partial charge in [-0.05, 0) is 43.4 Å². The molecule has 3 fully saturated rings. The molecule has 114 valence electrons. The van der Waals surface area contributed by atoms with Crippen LogP contribution in [0.15, 0.2) is 0 Å². The third kappa shape index (κ3) is 2.88. The average Bonchev–Trinajstić information content (AvgIpc) is 2.49. The molecule has 1 amide bonds. The van der Waals surface area contributed by atoms with Gasteiger partial charge in [0, 0.05) is 19.0 Å². The molecule has 3 heteroatoms. The van der Waals surface area contributed by atoms with Gasteiger partial charge in [0.1, 0.15) is 0 Å². The normalized spacial score (nSPS) is 42.1. The zero-order valence-corrected chi connectivity index (χ0v) is 12.8. The van der Waals surface area contributed by atoms with Gasteiger partial charge in [-0.3, -0.25) is 4.79 Å². The predicted molar refractivity (Wildman–Crippen MR) is 79.2 cm³/mol. The Hall–Kier alpha value is -0.570. The van der Waals surface area contributed by atoms with Gasteiger partial charge in [0.25, 0.3) is 0 Å². The molecule has 0 spiro atoms. The Morgan fingerprint density at radius 2 is 1.80 bits per heavy atom. The average molecular weight is 279 g/mol. The van der Waals surface area contributed by atoms with E-state index in [1.54, 1.807) is 0 Å². The maximum atomic E-state index is 12.7. The van der Waals surface area contributed by atoms with Crippen molar-refractivity contribution in [1.82, 2.24) is 4.90 Å². The number of carbonyl (C=O) groups is 1. The number of aliphatic hydroxyl groups is 1. The van der Waals surface area contributed by atoms with Gasteiger partial charge in [-0.15, -0.1) is 0 Å². The van der Waals surface area contributed by atoms with E-state index < -0.39 is 0 Å². The molecule has 2 aliphatic carbocycles. The first kappa shape index (κ1) is 14.4. The summed E-state index contributed by atoms with van der Waals surface area (Å²) in [7, 11) is 0. The number of hydrogen-bond donors (Lipinski definition) is 1. The Bertz CT molecular complexity index is 357. The fourth-order valence-corrected chi connectivity index (χ4v) is 4.60. The lowest BCUT2D eigenvalue weighted by Gasteiger charge is -2.42. The van der Waals surface area contributed by atoms with Crippen molar-refractivity contribution < 1.29 is 9.90 Å². The SMILES string of the molecule is CC1CCN(C(=O)C2CCC3CCCCC3C2)CC1O. The van der Waals surface area contributed by atoms with Crippen LogP contribution >= 0.6 is 0 Å². The predicted octanol–water partition coefficient (Wildman–Crippen LogP) is 2.82. The number of likely N-dealkylation sites (tertiary alicyclic amines) is 1. The Kier molecular flexibility index (Phi) is 4.34. The number of fused-ring (bicyclic) bond motifs is 1. The highest BCUT2D eigenvalue weighted by atomic mass is 16.3. The minimum Gasteiger partial charge on any atom is -0.391 e. The molecule has 2 saturated carbocycles. The molecule has 1 heterocycles. The molecule has 0 bridgehead atoms. The van der Waals surface area contributed by atoms with E-state index in [-0.39, 0.29) is 12.0 Å². The molecular formula is C17H29NO2. The molecule has 3 rings (SSSR count). The van der Waals surface area contributed by atoms with Crippen molar-refractivity contribution in [3.8, 4) is 0 Å². The second-order valence-electron chi connectivity index (χ2n) is 7.43. The number of rotatable bonds is 1. The van der Waals surface area contributed by atoms with Crippen molar-refractivity contribution in [2.45, 2.75) is 64.4 Å². The van der Waals surface area contributed by atoms with E-state index >= 15 is 0 Å². The van der Waals surface area contributed by atoms with E-state index in [1.165, 1.54) is 32.1 Å². The van der Waals surface area contributed by atoms with Crippen molar-refractivity contribution in [2.75, 3.05) is 13.1 Å². The third-order valence-corrected chi connectivity index (χ3v) is 6.12. The van der Waals surface area contributed by atoms with E-state index in [1.807, 2.05) is 4.90 Å². The van der Waals surface area contributed by atoms with Crippen molar-refractivity contribution in [3.63, 3.8) is 0 Å². The summed E-state index contributed by atoms with van der Waals surface area (Å²) < 4.78 is 0. The lowest BCUT2D eigenvalue weighted by molar-refractivity contribution is -0.142. The van der Waals surface area contributed by atoms with Crippen LogP contribution in [0.3, 0.4) is 0 Å². The summed E-state index contributed by atoms with van der Waals surface area (Å²) in [4.78, 5) is 14.6. The number of aliphatic hydroxyl groups excluding tert-OH is 1. The Morgan fingerprint density at radius 1 is 1.05 bits per heavy atom. The molecule has 1 saturated heterocycles. The topological polar surface area (TPSA) is 40.5 Å². The van der Waals surface area contributed by atoms with Crippen LogP contribution in [0.2, 0.25) is 0 Å². The van der Waals surface area contributed by atoms with E-state index in [0.717, 1.165) is 37.6 Å². The molecule has 0 aromatic heterocycles. The smallest absolute Gasteiger partial charge is 0.225 e. The van der Waals surface area contributed by atoms with Crippen molar-refractivity contribution in [3.05, 3.63) is 0 Å². The van der Waals surface area contributed by atoms with E-state index in [4.69, 9.17) is 0 Å². The van der Waals surface area contributed by atoms with Gasteiger partial charge >= 0.3 is 0 Å². The highest BCUT2D eigenvalue weighted by Gasteiger charge is 2.38. The summed E-state index contributed by atoms with van der Waals surface area (Å²) >= 11 is 0. The second kappa shape index (κ2) is 6.05. The summed E-state index contributed by atoms with van der Waals surface area (Å²) in [6.07, 6.45) is 9.59. The highest BCUT2D eigenvalue weighted by Crippen LogP contribution is 2.43. The van der Waals surface area contributed by atoms with E-state index in [2.05, 4.69) is 6.92 Å². The summed E-state index contributed by atoms with van der Waals surface area (Å²) in [5.74, 6) is 2.63. The van der Waals surface area contributed by atoms with Gasteiger partial charge in [-0.2, -0.15) is 0 Å².